The number of benzene rings is 1. The van der Waals surface area contributed by atoms with E-state index in [1.807, 2.05) is 6.92 Å². The zero-order valence-corrected chi connectivity index (χ0v) is 10.8. The van der Waals surface area contributed by atoms with Crippen LogP contribution in [0.3, 0.4) is 0 Å². The molecule has 102 valence electrons. The predicted octanol–water partition coefficient (Wildman–Crippen LogP) is 1.78. The number of likely N-dealkylation sites (tertiary alicyclic amines) is 1. The minimum atomic E-state index is -0.905. The van der Waals surface area contributed by atoms with E-state index in [1.54, 1.807) is 17.0 Å². The Balaban J connectivity index is 2.20. The molecular weight excluding hydrogens is 246 g/mol. The summed E-state index contributed by atoms with van der Waals surface area (Å²) in [7, 11) is 0. The fourth-order valence-corrected chi connectivity index (χ4v) is 2.49. The van der Waals surface area contributed by atoms with E-state index in [2.05, 4.69) is 0 Å². The van der Waals surface area contributed by atoms with Crippen molar-refractivity contribution in [3.05, 3.63) is 29.3 Å². The highest BCUT2D eigenvalue weighted by atomic mass is 16.4. The molecule has 2 N–H and O–H groups in total. The number of phenolic OH excluding ortho intramolecular Hbond substituents is 1. The van der Waals surface area contributed by atoms with Gasteiger partial charge in [-0.15, -0.1) is 0 Å². The molecule has 0 aliphatic carbocycles. The van der Waals surface area contributed by atoms with Crippen molar-refractivity contribution in [1.82, 2.24) is 4.90 Å². The third-order valence-electron chi connectivity index (χ3n) is 3.43. The number of nitrogens with zero attached hydrogens (tertiary/aromatic N) is 1. The minimum Gasteiger partial charge on any atom is -0.507 e. The summed E-state index contributed by atoms with van der Waals surface area (Å²) in [4.78, 5) is 24.7. The molecule has 0 aromatic heterocycles. The molecule has 5 heteroatoms. The Morgan fingerprint density at radius 3 is 2.79 bits per heavy atom. The number of hydrogen-bond acceptors (Lipinski definition) is 3. The number of carbonyl (C=O) groups excluding carboxylic acids is 1. The van der Waals surface area contributed by atoms with Crippen molar-refractivity contribution in [1.29, 1.82) is 0 Å². The number of aromatic hydroxyl groups is 1. The molecule has 0 radical (unpaired) electrons. The number of carboxylic acid groups (broad SMARTS) is 1. The van der Waals surface area contributed by atoms with Crippen LogP contribution in [0.1, 0.15) is 35.2 Å². The highest BCUT2D eigenvalue weighted by Gasteiger charge is 2.31. The highest BCUT2D eigenvalue weighted by Crippen LogP contribution is 2.26. The molecule has 5 nitrogen and oxygen atoms in total. The molecule has 1 aromatic rings. The number of rotatable bonds is 3. The number of carboxylic acids is 1. The van der Waals surface area contributed by atoms with E-state index in [4.69, 9.17) is 5.11 Å². The first-order chi connectivity index (χ1) is 8.99. The Kier molecular flexibility index (Phi) is 3.74. The Hall–Kier alpha value is -2.04. The van der Waals surface area contributed by atoms with E-state index in [1.165, 1.54) is 6.07 Å². The molecule has 1 fully saturated rings. The van der Waals surface area contributed by atoms with Gasteiger partial charge in [0, 0.05) is 12.6 Å². The van der Waals surface area contributed by atoms with E-state index in [0.717, 1.165) is 12.0 Å². The van der Waals surface area contributed by atoms with Crippen LogP contribution in [0.25, 0.3) is 0 Å². The summed E-state index contributed by atoms with van der Waals surface area (Å²) in [6.07, 6.45) is 1.46. The number of aliphatic carboxylic acids is 1. The van der Waals surface area contributed by atoms with Crippen LogP contribution in [0.5, 0.6) is 5.75 Å². The Morgan fingerprint density at radius 2 is 2.16 bits per heavy atom. The molecule has 19 heavy (non-hydrogen) atoms. The van der Waals surface area contributed by atoms with Crippen molar-refractivity contribution in [2.45, 2.75) is 32.2 Å². The van der Waals surface area contributed by atoms with Crippen LogP contribution in [0, 0.1) is 6.92 Å². The van der Waals surface area contributed by atoms with Gasteiger partial charge in [0.15, 0.2) is 0 Å². The highest BCUT2D eigenvalue weighted by molar-refractivity contribution is 5.97. The van der Waals surface area contributed by atoms with E-state index in [-0.39, 0.29) is 29.7 Å². The lowest BCUT2D eigenvalue weighted by atomic mass is 10.1. The Morgan fingerprint density at radius 1 is 1.42 bits per heavy atom. The van der Waals surface area contributed by atoms with Crippen molar-refractivity contribution in [2.75, 3.05) is 6.54 Å². The molecule has 0 saturated carbocycles. The normalized spacial score (nSPS) is 18.6. The quantitative estimate of drug-likeness (QED) is 0.871. The third kappa shape index (κ3) is 2.86. The van der Waals surface area contributed by atoms with Gasteiger partial charge in [-0.25, -0.2) is 0 Å². The third-order valence-corrected chi connectivity index (χ3v) is 3.43. The first-order valence-corrected chi connectivity index (χ1v) is 6.31. The van der Waals surface area contributed by atoms with Gasteiger partial charge in [-0.3, -0.25) is 9.59 Å². The Labute approximate surface area is 111 Å². The second kappa shape index (κ2) is 5.30. The SMILES string of the molecule is Cc1ccc(C(=O)N2CCC[C@H]2CC(=O)O)c(O)c1. The average Bonchev–Trinajstić information content (AvgIpc) is 2.75. The van der Waals surface area contributed by atoms with Crippen LogP contribution in [0.2, 0.25) is 0 Å². The summed E-state index contributed by atoms with van der Waals surface area (Å²) in [5, 5.41) is 18.7. The zero-order chi connectivity index (χ0) is 14.0. The van der Waals surface area contributed by atoms with Crippen LogP contribution >= 0.6 is 0 Å². The molecule has 0 spiro atoms. The zero-order valence-electron chi connectivity index (χ0n) is 10.8. The van der Waals surface area contributed by atoms with Crippen LogP contribution in [-0.4, -0.2) is 39.6 Å². The second-order valence-electron chi connectivity index (χ2n) is 4.91. The molecule has 1 aliphatic heterocycles. The molecule has 1 aliphatic rings. The summed E-state index contributed by atoms with van der Waals surface area (Å²) >= 11 is 0. The molecular formula is C14H17NO4. The van der Waals surface area contributed by atoms with Gasteiger partial charge >= 0.3 is 5.97 Å². The molecule has 2 rings (SSSR count). The fraction of sp³-hybridized carbons (Fsp3) is 0.429. The maximum atomic E-state index is 12.3. The van der Waals surface area contributed by atoms with Gasteiger partial charge in [-0.1, -0.05) is 6.07 Å². The molecule has 0 unspecified atom stereocenters. The summed E-state index contributed by atoms with van der Waals surface area (Å²) < 4.78 is 0. The van der Waals surface area contributed by atoms with E-state index in [9.17, 15) is 14.7 Å². The Bertz CT molecular complexity index is 512. The van der Waals surface area contributed by atoms with E-state index < -0.39 is 5.97 Å². The summed E-state index contributed by atoms with van der Waals surface area (Å²) in [6.45, 7) is 2.38. The van der Waals surface area contributed by atoms with Gasteiger partial charge in [0.2, 0.25) is 0 Å². The first-order valence-electron chi connectivity index (χ1n) is 6.31. The lowest BCUT2D eigenvalue weighted by molar-refractivity contribution is -0.137. The number of amides is 1. The lowest BCUT2D eigenvalue weighted by Gasteiger charge is -2.24. The molecule has 1 heterocycles. The van der Waals surface area contributed by atoms with Gasteiger partial charge in [0.1, 0.15) is 5.75 Å². The number of hydrogen-bond donors (Lipinski definition) is 2. The fourth-order valence-electron chi connectivity index (χ4n) is 2.49. The van der Waals surface area contributed by atoms with Gasteiger partial charge in [-0.2, -0.15) is 0 Å². The monoisotopic (exact) mass is 263 g/mol. The largest absolute Gasteiger partial charge is 0.507 e. The van der Waals surface area contributed by atoms with Crippen LogP contribution in [0.4, 0.5) is 0 Å². The van der Waals surface area contributed by atoms with Crippen molar-refractivity contribution in [3.63, 3.8) is 0 Å². The lowest BCUT2D eigenvalue weighted by Crippen LogP contribution is -2.36. The number of carbonyl (C=O) groups is 2. The van der Waals surface area contributed by atoms with Gasteiger partial charge < -0.3 is 15.1 Å². The summed E-state index contributed by atoms with van der Waals surface area (Å²) in [5.74, 6) is -1.25. The maximum absolute atomic E-state index is 12.3. The van der Waals surface area contributed by atoms with Crippen molar-refractivity contribution in [3.8, 4) is 5.75 Å². The maximum Gasteiger partial charge on any atom is 0.305 e. The molecule has 0 bridgehead atoms. The molecule has 1 saturated heterocycles. The number of phenols is 1. The molecule has 1 aromatic carbocycles. The van der Waals surface area contributed by atoms with Crippen molar-refractivity contribution in [2.24, 2.45) is 0 Å². The summed E-state index contributed by atoms with van der Waals surface area (Å²) in [6, 6.07) is 4.61. The van der Waals surface area contributed by atoms with E-state index in [0.29, 0.717) is 13.0 Å². The standard InChI is InChI=1S/C14H17NO4/c1-9-4-5-11(12(16)7-9)14(19)15-6-2-3-10(15)8-13(17)18/h4-5,7,10,16H,2-3,6,8H2,1H3,(H,17,18)/t10-/m0/s1. The van der Waals surface area contributed by atoms with Gasteiger partial charge in [0.05, 0.1) is 12.0 Å². The molecule has 1 atom stereocenters. The van der Waals surface area contributed by atoms with Gasteiger partial charge in [0.25, 0.3) is 5.91 Å². The van der Waals surface area contributed by atoms with Crippen LogP contribution in [0.15, 0.2) is 18.2 Å². The molecule has 1 amide bonds. The van der Waals surface area contributed by atoms with E-state index >= 15 is 0 Å². The van der Waals surface area contributed by atoms with Crippen molar-refractivity contribution < 1.29 is 19.8 Å². The summed E-state index contributed by atoms with van der Waals surface area (Å²) in [5.41, 5.74) is 1.11. The van der Waals surface area contributed by atoms with Crippen LogP contribution < -0.4 is 0 Å². The topological polar surface area (TPSA) is 77.8 Å². The van der Waals surface area contributed by atoms with Crippen molar-refractivity contribution >= 4 is 11.9 Å². The van der Waals surface area contributed by atoms with Crippen LogP contribution in [-0.2, 0) is 4.79 Å². The average molecular weight is 263 g/mol. The minimum absolute atomic E-state index is 0.0433. The number of aryl methyl sites for hydroxylation is 1. The first kappa shape index (κ1) is 13.4. The smallest absolute Gasteiger partial charge is 0.305 e. The predicted molar refractivity (Wildman–Crippen MR) is 69.2 cm³/mol. The second-order valence-corrected chi connectivity index (χ2v) is 4.91. The van der Waals surface area contributed by atoms with Gasteiger partial charge in [-0.05, 0) is 37.5 Å².